The maximum absolute atomic E-state index is 13.0. The van der Waals surface area contributed by atoms with Gasteiger partial charge in [0.25, 0.3) is 5.91 Å². The molecule has 1 aliphatic rings. The van der Waals surface area contributed by atoms with Gasteiger partial charge in [0.15, 0.2) is 5.43 Å². The molecule has 138 valence electrons. The fourth-order valence-corrected chi connectivity index (χ4v) is 3.30. The van der Waals surface area contributed by atoms with Crippen molar-refractivity contribution in [2.45, 2.75) is 26.3 Å². The number of rotatable bonds is 5. The molecule has 2 heterocycles. The first-order chi connectivity index (χ1) is 13.0. The molecule has 0 saturated heterocycles. The van der Waals surface area contributed by atoms with Crippen molar-refractivity contribution in [2.75, 3.05) is 6.61 Å². The zero-order chi connectivity index (χ0) is 19.0. The third kappa shape index (κ3) is 3.21. The Morgan fingerprint density at radius 3 is 2.74 bits per heavy atom. The highest BCUT2D eigenvalue weighted by molar-refractivity contribution is 5.98. The second-order valence-electron chi connectivity index (χ2n) is 7.18. The average Bonchev–Trinajstić information content (AvgIpc) is 2.99. The maximum atomic E-state index is 13.0. The van der Waals surface area contributed by atoms with E-state index in [0.717, 1.165) is 17.7 Å². The molecule has 1 amide bonds. The molecule has 2 aromatic carbocycles. The van der Waals surface area contributed by atoms with E-state index in [9.17, 15) is 9.59 Å². The Kier molecular flexibility index (Phi) is 4.44. The molecule has 5 nitrogen and oxygen atoms in total. The zero-order valence-electron chi connectivity index (χ0n) is 15.3. The first kappa shape index (κ1) is 17.3. The summed E-state index contributed by atoms with van der Waals surface area (Å²) in [4.78, 5) is 25.4. The molecular weight excluding hydrogens is 342 g/mol. The van der Waals surface area contributed by atoms with Crippen molar-refractivity contribution in [2.24, 2.45) is 5.92 Å². The van der Waals surface area contributed by atoms with Crippen LogP contribution in [0.5, 0.6) is 5.75 Å². The molecule has 0 aliphatic carbocycles. The number of hydrogen-bond donors (Lipinski definition) is 1. The normalized spacial score (nSPS) is 15.8. The van der Waals surface area contributed by atoms with Gasteiger partial charge in [0.1, 0.15) is 11.3 Å². The molecule has 0 spiro atoms. The number of fused-ring (bicyclic) bond motifs is 2. The highest BCUT2D eigenvalue weighted by Gasteiger charge is 2.35. The van der Waals surface area contributed by atoms with Crippen LogP contribution in [0.2, 0.25) is 0 Å². The second-order valence-corrected chi connectivity index (χ2v) is 7.18. The van der Waals surface area contributed by atoms with Crippen molar-refractivity contribution in [3.63, 3.8) is 0 Å². The minimum atomic E-state index is -0.540. The summed E-state index contributed by atoms with van der Waals surface area (Å²) in [6.45, 7) is 4.92. The lowest BCUT2D eigenvalue weighted by atomic mass is 9.99. The summed E-state index contributed by atoms with van der Waals surface area (Å²) in [6, 6.07) is 13.9. The van der Waals surface area contributed by atoms with Crippen LogP contribution in [0.1, 0.15) is 48.0 Å². The van der Waals surface area contributed by atoms with Crippen LogP contribution in [0.4, 0.5) is 0 Å². The monoisotopic (exact) mass is 363 g/mol. The largest absolute Gasteiger partial charge is 0.494 e. The summed E-state index contributed by atoms with van der Waals surface area (Å²) >= 11 is 0. The fraction of sp³-hybridized carbons (Fsp3) is 0.273. The lowest BCUT2D eigenvalue weighted by Gasteiger charge is -2.14. The minimum absolute atomic E-state index is 0.0924. The summed E-state index contributed by atoms with van der Waals surface area (Å²) in [5, 5.41) is 3.34. The van der Waals surface area contributed by atoms with Gasteiger partial charge in [-0.1, -0.05) is 38.1 Å². The van der Waals surface area contributed by atoms with Gasteiger partial charge >= 0.3 is 0 Å². The quantitative estimate of drug-likeness (QED) is 0.742. The summed E-state index contributed by atoms with van der Waals surface area (Å²) in [5.41, 5.74) is 1.40. The molecule has 1 unspecified atom stereocenters. The van der Waals surface area contributed by atoms with Gasteiger partial charge in [-0.25, -0.2) is 0 Å². The summed E-state index contributed by atoms with van der Waals surface area (Å²) in [7, 11) is 0. The number of hydrogen-bond acceptors (Lipinski definition) is 4. The van der Waals surface area contributed by atoms with Crippen LogP contribution < -0.4 is 15.5 Å². The Bertz CT molecular complexity index is 1070. The van der Waals surface area contributed by atoms with Gasteiger partial charge < -0.3 is 14.5 Å². The first-order valence-corrected chi connectivity index (χ1v) is 9.14. The van der Waals surface area contributed by atoms with E-state index < -0.39 is 6.04 Å². The highest BCUT2D eigenvalue weighted by Crippen LogP contribution is 2.32. The van der Waals surface area contributed by atoms with E-state index in [0.29, 0.717) is 29.1 Å². The molecule has 1 atom stereocenters. The lowest BCUT2D eigenvalue weighted by Crippen LogP contribution is -2.22. The van der Waals surface area contributed by atoms with Crippen LogP contribution in [0.25, 0.3) is 11.0 Å². The molecule has 0 fully saturated rings. The van der Waals surface area contributed by atoms with E-state index in [4.69, 9.17) is 9.15 Å². The minimum Gasteiger partial charge on any atom is -0.494 e. The van der Waals surface area contributed by atoms with Crippen molar-refractivity contribution in [3.05, 3.63) is 75.6 Å². The van der Waals surface area contributed by atoms with Crippen LogP contribution in [0.15, 0.2) is 57.7 Å². The third-order valence-corrected chi connectivity index (χ3v) is 4.76. The average molecular weight is 363 g/mol. The second kappa shape index (κ2) is 6.91. The fourth-order valence-electron chi connectivity index (χ4n) is 3.30. The molecular formula is C22H21NO4. The summed E-state index contributed by atoms with van der Waals surface area (Å²) < 4.78 is 11.5. The predicted octanol–water partition coefficient (Wildman–Crippen LogP) is 4.05. The van der Waals surface area contributed by atoms with Crippen molar-refractivity contribution >= 4 is 16.9 Å². The molecule has 5 heteroatoms. The summed E-state index contributed by atoms with van der Waals surface area (Å²) in [6.07, 6.45) is 0.961. The SMILES string of the molecule is CC(C)CCOc1cccc(C2NC(=O)c3oc4ccccc4c(=O)c32)c1. The van der Waals surface area contributed by atoms with Crippen molar-refractivity contribution in [1.29, 1.82) is 0 Å². The molecule has 27 heavy (non-hydrogen) atoms. The number of benzene rings is 2. The third-order valence-electron chi connectivity index (χ3n) is 4.76. The van der Waals surface area contributed by atoms with E-state index >= 15 is 0 Å². The maximum Gasteiger partial charge on any atom is 0.288 e. The molecule has 1 aliphatic heterocycles. The highest BCUT2D eigenvalue weighted by atomic mass is 16.5. The molecule has 1 N–H and O–H groups in total. The first-order valence-electron chi connectivity index (χ1n) is 9.14. The number of carbonyl (C=O) groups excluding carboxylic acids is 1. The number of carbonyl (C=O) groups is 1. The van der Waals surface area contributed by atoms with Gasteiger partial charge in [0, 0.05) is 0 Å². The van der Waals surface area contributed by atoms with Crippen LogP contribution in [-0.2, 0) is 0 Å². The van der Waals surface area contributed by atoms with Gasteiger partial charge in [0.05, 0.1) is 23.6 Å². The van der Waals surface area contributed by atoms with Gasteiger partial charge in [-0.15, -0.1) is 0 Å². The molecule has 3 aromatic rings. The Morgan fingerprint density at radius 2 is 1.93 bits per heavy atom. The van der Waals surface area contributed by atoms with Gasteiger partial charge in [-0.3, -0.25) is 9.59 Å². The van der Waals surface area contributed by atoms with Crippen molar-refractivity contribution in [3.8, 4) is 5.75 Å². The lowest BCUT2D eigenvalue weighted by molar-refractivity contribution is 0.0938. The number of amides is 1. The smallest absolute Gasteiger partial charge is 0.288 e. The van der Waals surface area contributed by atoms with Crippen molar-refractivity contribution < 1.29 is 13.9 Å². The molecule has 0 bridgehead atoms. The number of para-hydroxylation sites is 1. The Balaban J connectivity index is 1.72. The predicted molar refractivity (Wildman–Crippen MR) is 103 cm³/mol. The van der Waals surface area contributed by atoms with Crippen molar-refractivity contribution in [1.82, 2.24) is 5.32 Å². The molecule has 1 aromatic heterocycles. The van der Waals surface area contributed by atoms with E-state index in [2.05, 4.69) is 19.2 Å². The topological polar surface area (TPSA) is 68.5 Å². The molecule has 0 radical (unpaired) electrons. The standard InChI is InChI=1S/C22H21NO4/c1-13(2)10-11-26-15-7-5-6-14(12-15)19-18-20(24)16-8-3-4-9-17(16)27-21(18)22(25)23-19/h3-9,12-13,19H,10-11H2,1-2H3,(H,23,25). The zero-order valence-corrected chi connectivity index (χ0v) is 15.3. The van der Waals surface area contributed by atoms with Gasteiger partial charge in [-0.2, -0.15) is 0 Å². The number of nitrogens with one attached hydrogen (secondary N) is 1. The Labute approximate surface area is 157 Å². The van der Waals surface area contributed by atoms with Crippen LogP contribution in [-0.4, -0.2) is 12.5 Å². The van der Waals surface area contributed by atoms with E-state index in [1.54, 1.807) is 24.3 Å². The van der Waals surface area contributed by atoms with E-state index in [1.165, 1.54) is 0 Å². The van der Waals surface area contributed by atoms with Gasteiger partial charge in [0.2, 0.25) is 5.76 Å². The van der Waals surface area contributed by atoms with Crippen LogP contribution >= 0.6 is 0 Å². The summed E-state index contributed by atoms with van der Waals surface area (Å²) in [5.74, 6) is 1.01. The van der Waals surface area contributed by atoms with E-state index in [1.807, 2.05) is 24.3 Å². The molecule has 0 saturated carbocycles. The Morgan fingerprint density at radius 1 is 1.11 bits per heavy atom. The van der Waals surface area contributed by atoms with E-state index in [-0.39, 0.29) is 17.1 Å². The van der Waals surface area contributed by atoms with Crippen LogP contribution in [0.3, 0.4) is 0 Å². The van der Waals surface area contributed by atoms with Crippen LogP contribution in [0, 0.1) is 5.92 Å². The Hall–Kier alpha value is -3.08. The number of ether oxygens (including phenoxy) is 1. The molecule has 4 rings (SSSR count). The van der Waals surface area contributed by atoms with Gasteiger partial charge in [-0.05, 0) is 42.2 Å².